The Hall–Kier alpha value is -1.62. The third-order valence-electron chi connectivity index (χ3n) is 2.94. The Morgan fingerprint density at radius 1 is 1.15 bits per heavy atom. The Kier molecular flexibility index (Phi) is 3.99. The van der Waals surface area contributed by atoms with Crippen LogP contribution in [0.3, 0.4) is 0 Å². The summed E-state index contributed by atoms with van der Waals surface area (Å²) < 4.78 is 51.4. The lowest BCUT2D eigenvalue weighted by Gasteiger charge is -2.14. The number of hydrogen-bond donors (Lipinski definition) is 0. The minimum absolute atomic E-state index is 0.215. The Balaban J connectivity index is 2.42. The molecule has 0 spiro atoms. The van der Waals surface area contributed by atoms with Crippen molar-refractivity contribution in [2.75, 3.05) is 0 Å². The molecule has 0 saturated heterocycles. The van der Waals surface area contributed by atoms with Gasteiger partial charge in [-0.05, 0) is 35.9 Å². The molecule has 0 unspecified atom stereocenters. The lowest BCUT2D eigenvalue weighted by molar-refractivity contribution is -0.137. The van der Waals surface area contributed by atoms with Crippen LogP contribution in [0.15, 0.2) is 36.5 Å². The van der Waals surface area contributed by atoms with Crippen molar-refractivity contribution < 1.29 is 17.6 Å². The zero-order valence-electron chi connectivity index (χ0n) is 10.4. The van der Waals surface area contributed by atoms with Gasteiger partial charge in [0.05, 0.1) is 10.6 Å². The van der Waals surface area contributed by atoms with E-state index in [4.69, 9.17) is 11.6 Å². The number of nitrogens with zero attached hydrogens (tertiary/aromatic N) is 1. The fourth-order valence-corrected chi connectivity index (χ4v) is 1.95. The van der Waals surface area contributed by atoms with Crippen molar-refractivity contribution in [3.63, 3.8) is 0 Å². The highest BCUT2D eigenvalue weighted by Crippen LogP contribution is 2.33. The molecule has 1 aromatic heterocycles. The van der Waals surface area contributed by atoms with Gasteiger partial charge in [-0.15, -0.1) is 0 Å². The number of rotatable bonds is 2. The van der Waals surface area contributed by atoms with Gasteiger partial charge in [0.1, 0.15) is 5.82 Å². The second-order valence-corrected chi connectivity index (χ2v) is 4.83. The highest BCUT2D eigenvalue weighted by Gasteiger charge is 2.31. The number of hydrogen-bond acceptors (Lipinski definition) is 1. The van der Waals surface area contributed by atoms with Crippen molar-refractivity contribution in [2.24, 2.45) is 0 Å². The van der Waals surface area contributed by atoms with Gasteiger partial charge in [-0.2, -0.15) is 13.2 Å². The van der Waals surface area contributed by atoms with E-state index in [2.05, 4.69) is 4.98 Å². The smallest absolute Gasteiger partial charge is 0.259 e. The molecule has 0 aliphatic carbocycles. The van der Waals surface area contributed by atoms with Crippen LogP contribution in [-0.2, 0) is 6.18 Å². The third-order valence-corrected chi connectivity index (χ3v) is 3.16. The van der Waals surface area contributed by atoms with Crippen LogP contribution in [0.2, 0.25) is 5.02 Å². The zero-order valence-corrected chi connectivity index (χ0v) is 11.1. The van der Waals surface area contributed by atoms with Crippen molar-refractivity contribution in [3.8, 4) is 0 Å². The van der Waals surface area contributed by atoms with E-state index >= 15 is 0 Å². The molecule has 0 bridgehead atoms. The molecule has 1 nitrogen and oxygen atoms in total. The van der Waals surface area contributed by atoms with Crippen LogP contribution in [-0.4, -0.2) is 4.98 Å². The minimum atomic E-state index is -4.58. The molecule has 0 amide bonds. The van der Waals surface area contributed by atoms with Gasteiger partial charge in [-0.3, -0.25) is 4.98 Å². The molecule has 0 saturated carbocycles. The number of benzene rings is 1. The lowest BCUT2D eigenvalue weighted by atomic mass is 9.95. The van der Waals surface area contributed by atoms with Crippen molar-refractivity contribution in [1.82, 2.24) is 4.98 Å². The maximum Gasteiger partial charge on any atom is 0.416 e. The molecule has 106 valence electrons. The molecule has 2 aromatic rings. The molecule has 1 atom stereocenters. The van der Waals surface area contributed by atoms with E-state index in [0.29, 0.717) is 16.8 Å². The highest BCUT2D eigenvalue weighted by molar-refractivity contribution is 6.30. The minimum Gasteiger partial charge on any atom is -0.259 e. The zero-order chi connectivity index (χ0) is 14.9. The molecule has 1 aromatic carbocycles. The fourth-order valence-electron chi connectivity index (χ4n) is 1.84. The van der Waals surface area contributed by atoms with Gasteiger partial charge in [0, 0.05) is 17.8 Å². The molecular weight excluding hydrogens is 294 g/mol. The first kappa shape index (κ1) is 14.8. The largest absolute Gasteiger partial charge is 0.416 e. The van der Waals surface area contributed by atoms with Crippen molar-refractivity contribution in [3.05, 3.63) is 64.2 Å². The monoisotopic (exact) mass is 303 g/mol. The van der Waals surface area contributed by atoms with Gasteiger partial charge < -0.3 is 0 Å². The summed E-state index contributed by atoms with van der Waals surface area (Å²) >= 11 is 5.70. The van der Waals surface area contributed by atoms with Crippen LogP contribution in [0.5, 0.6) is 0 Å². The van der Waals surface area contributed by atoms with Gasteiger partial charge in [-0.1, -0.05) is 18.5 Å². The molecular formula is C14H10ClF4N. The maximum atomic E-state index is 13.4. The summed E-state index contributed by atoms with van der Waals surface area (Å²) in [6.45, 7) is 1.66. The van der Waals surface area contributed by atoms with Gasteiger partial charge in [0.15, 0.2) is 0 Å². The molecule has 20 heavy (non-hydrogen) atoms. The summed E-state index contributed by atoms with van der Waals surface area (Å²) in [7, 11) is 0. The normalized spacial score (nSPS) is 13.3. The summed E-state index contributed by atoms with van der Waals surface area (Å²) in [5.74, 6) is -1.39. The summed E-state index contributed by atoms with van der Waals surface area (Å²) in [4.78, 5) is 4.04. The Bertz CT molecular complexity index is 608. The van der Waals surface area contributed by atoms with Crippen LogP contribution in [0.25, 0.3) is 0 Å². The van der Waals surface area contributed by atoms with Crippen LogP contribution in [0, 0.1) is 5.82 Å². The second-order valence-electron chi connectivity index (χ2n) is 4.39. The van der Waals surface area contributed by atoms with Crippen LogP contribution in [0.1, 0.15) is 29.7 Å². The van der Waals surface area contributed by atoms with Gasteiger partial charge in [0.2, 0.25) is 0 Å². The first-order chi connectivity index (χ1) is 9.27. The summed E-state index contributed by atoms with van der Waals surface area (Å²) in [6.07, 6.45) is -3.18. The molecule has 1 heterocycles. The average Bonchev–Trinajstić information content (AvgIpc) is 2.37. The van der Waals surface area contributed by atoms with E-state index in [1.54, 1.807) is 19.1 Å². The Morgan fingerprint density at radius 2 is 1.85 bits per heavy atom. The molecule has 0 radical (unpaired) electrons. The van der Waals surface area contributed by atoms with Gasteiger partial charge in [-0.25, -0.2) is 4.39 Å². The van der Waals surface area contributed by atoms with E-state index < -0.39 is 23.5 Å². The van der Waals surface area contributed by atoms with E-state index in [0.717, 1.165) is 12.1 Å². The average molecular weight is 304 g/mol. The molecule has 0 fully saturated rings. The molecule has 2 rings (SSSR count). The Labute approximate surface area is 118 Å². The standard InChI is InChI=1S/C14H10ClF4N/c1-8(13-3-2-11(15)7-20-13)9-4-10(14(17,18)19)6-12(16)5-9/h2-8H,1H3/t8-/m0/s1. The van der Waals surface area contributed by atoms with E-state index in [-0.39, 0.29) is 5.56 Å². The Morgan fingerprint density at radius 3 is 2.40 bits per heavy atom. The first-order valence-electron chi connectivity index (χ1n) is 5.76. The predicted octanol–water partition coefficient (Wildman–Crippen LogP) is 5.04. The van der Waals surface area contributed by atoms with Gasteiger partial charge in [0.25, 0.3) is 0 Å². The third kappa shape index (κ3) is 3.28. The second kappa shape index (κ2) is 5.40. The fraction of sp³-hybridized carbons (Fsp3) is 0.214. The van der Waals surface area contributed by atoms with E-state index in [9.17, 15) is 17.6 Å². The van der Waals surface area contributed by atoms with E-state index in [1.165, 1.54) is 6.20 Å². The van der Waals surface area contributed by atoms with E-state index in [1.807, 2.05) is 0 Å². The molecule has 0 aliphatic heterocycles. The summed E-state index contributed by atoms with van der Waals surface area (Å²) in [5.41, 5.74) is -0.270. The maximum absolute atomic E-state index is 13.4. The van der Waals surface area contributed by atoms with Crippen molar-refractivity contribution in [1.29, 1.82) is 0 Å². The predicted molar refractivity (Wildman–Crippen MR) is 68.2 cm³/mol. The molecule has 0 aliphatic rings. The highest BCUT2D eigenvalue weighted by atomic mass is 35.5. The van der Waals surface area contributed by atoms with Crippen LogP contribution < -0.4 is 0 Å². The first-order valence-corrected chi connectivity index (χ1v) is 6.14. The van der Waals surface area contributed by atoms with Crippen LogP contribution >= 0.6 is 11.6 Å². The lowest BCUT2D eigenvalue weighted by Crippen LogP contribution is -2.08. The number of aromatic nitrogens is 1. The number of pyridine rings is 1. The SMILES string of the molecule is C[C@@H](c1cc(F)cc(C(F)(F)F)c1)c1ccc(Cl)cn1. The quantitative estimate of drug-likeness (QED) is 0.708. The van der Waals surface area contributed by atoms with Crippen LogP contribution in [0.4, 0.5) is 17.6 Å². The molecule has 0 N–H and O–H groups in total. The topological polar surface area (TPSA) is 12.9 Å². The van der Waals surface area contributed by atoms with Crippen molar-refractivity contribution in [2.45, 2.75) is 19.0 Å². The molecule has 6 heteroatoms. The number of alkyl halides is 3. The van der Waals surface area contributed by atoms with Gasteiger partial charge >= 0.3 is 6.18 Å². The van der Waals surface area contributed by atoms with Crippen molar-refractivity contribution >= 4 is 11.6 Å². The summed E-state index contributed by atoms with van der Waals surface area (Å²) in [5, 5.41) is 0.427. The summed E-state index contributed by atoms with van der Waals surface area (Å²) in [6, 6.07) is 5.68. The number of halogens is 5.